The first kappa shape index (κ1) is 13.8. The molecule has 1 fully saturated rings. The maximum Gasteiger partial charge on any atom is 0.353 e. The number of aromatic nitrogens is 3. The van der Waals surface area contributed by atoms with Crippen molar-refractivity contribution in [3.63, 3.8) is 0 Å². The van der Waals surface area contributed by atoms with Gasteiger partial charge in [-0.1, -0.05) is 11.8 Å². The molecule has 2 aliphatic heterocycles. The fourth-order valence-electron chi connectivity index (χ4n) is 2.66. The SMILES string of the molecule is CC(=C1C(=O)N2C(C(=O)O)=C(c3ccco3)S[C@H]12)c1cn[nH]n1. The summed E-state index contributed by atoms with van der Waals surface area (Å²) in [7, 11) is 0. The normalized spacial score (nSPS) is 22.2. The molecule has 0 spiro atoms. The number of carbonyl (C=O) groups excluding carboxylic acids is 1. The number of H-pyrrole nitrogens is 1. The molecule has 4 heterocycles. The van der Waals surface area contributed by atoms with Gasteiger partial charge in [0.05, 0.1) is 22.9 Å². The number of carboxylic acids is 1. The Morgan fingerprint density at radius 1 is 1.52 bits per heavy atom. The van der Waals surface area contributed by atoms with Crippen molar-refractivity contribution in [2.24, 2.45) is 0 Å². The van der Waals surface area contributed by atoms with E-state index in [1.165, 1.54) is 29.1 Å². The molecule has 0 saturated carbocycles. The van der Waals surface area contributed by atoms with E-state index in [-0.39, 0.29) is 17.0 Å². The average molecular weight is 330 g/mol. The van der Waals surface area contributed by atoms with Gasteiger partial charge in [0.15, 0.2) is 0 Å². The Kier molecular flexibility index (Phi) is 2.91. The number of furan rings is 1. The lowest BCUT2D eigenvalue weighted by Gasteiger charge is -2.38. The van der Waals surface area contributed by atoms with E-state index in [1.807, 2.05) is 0 Å². The van der Waals surface area contributed by atoms with Gasteiger partial charge < -0.3 is 9.52 Å². The van der Waals surface area contributed by atoms with Gasteiger partial charge in [-0.15, -0.1) is 0 Å². The second-order valence-electron chi connectivity index (χ2n) is 5.00. The van der Waals surface area contributed by atoms with Crippen LogP contribution in [0.5, 0.6) is 0 Å². The molecule has 0 aromatic carbocycles. The minimum absolute atomic E-state index is 0.0448. The molecule has 2 aliphatic rings. The fraction of sp³-hybridized carbons (Fsp3) is 0.143. The zero-order valence-electron chi connectivity index (χ0n) is 11.8. The number of β-lactam (4-membered cyclic amide) rings is 1. The highest BCUT2D eigenvalue weighted by atomic mass is 32.2. The van der Waals surface area contributed by atoms with Crippen LogP contribution in [0.25, 0.3) is 10.5 Å². The Labute approximate surface area is 133 Å². The number of hydrogen-bond acceptors (Lipinski definition) is 6. The van der Waals surface area contributed by atoms with E-state index in [9.17, 15) is 14.7 Å². The number of aliphatic carboxylic acids is 1. The van der Waals surface area contributed by atoms with E-state index >= 15 is 0 Å². The number of thioether (sulfide) groups is 1. The molecule has 0 aliphatic carbocycles. The topological polar surface area (TPSA) is 112 Å². The number of carboxylic acid groups (broad SMARTS) is 1. The largest absolute Gasteiger partial charge is 0.477 e. The number of nitrogens with one attached hydrogen (secondary N) is 1. The predicted molar refractivity (Wildman–Crippen MR) is 80.5 cm³/mol. The predicted octanol–water partition coefficient (Wildman–Crippen LogP) is 1.54. The lowest BCUT2D eigenvalue weighted by atomic mass is 9.97. The van der Waals surface area contributed by atoms with E-state index in [4.69, 9.17) is 4.42 Å². The molecule has 1 amide bonds. The smallest absolute Gasteiger partial charge is 0.353 e. The van der Waals surface area contributed by atoms with Gasteiger partial charge in [0.2, 0.25) is 0 Å². The van der Waals surface area contributed by atoms with Crippen LogP contribution in [-0.2, 0) is 9.59 Å². The molecule has 8 nitrogen and oxygen atoms in total. The van der Waals surface area contributed by atoms with Crippen molar-refractivity contribution in [3.05, 3.63) is 47.3 Å². The zero-order valence-corrected chi connectivity index (χ0v) is 12.6. The third kappa shape index (κ3) is 1.86. The van der Waals surface area contributed by atoms with Crippen molar-refractivity contribution in [1.82, 2.24) is 20.3 Å². The van der Waals surface area contributed by atoms with Crippen molar-refractivity contribution in [3.8, 4) is 0 Å². The second kappa shape index (κ2) is 4.85. The summed E-state index contributed by atoms with van der Waals surface area (Å²) in [6.07, 6.45) is 2.99. The lowest BCUT2D eigenvalue weighted by Crippen LogP contribution is -2.51. The number of rotatable bonds is 3. The first-order valence-electron chi connectivity index (χ1n) is 6.68. The number of fused-ring (bicyclic) bond motifs is 1. The van der Waals surface area contributed by atoms with Crippen molar-refractivity contribution < 1.29 is 19.1 Å². The minimum Gasteiger partial charge on any atom is -0.477 e. The van der Waals surface area contributed by atoms with Gasteiger partial charge >= 0.3 is 5.97 Å². The van der Waals surface area contributed by atoms with Crippen LogP contribution in [0, 0.1) is 0 Å². The van der Waals surface area contributed by atoms with Crippen molar-refractivity contribution in [2.45, 2.75) is 12.3 Å². The molecule has 2 N–H and O–H groups in total. The molecule has 0 bridgehead atoms. The second-order valence-corrected chi connectivity index (χ2v) is 6.09. The van der Waals surface area contributed by atoms with E-state index in [0.717, 1.165) is 0 Å². The number of aromatic amines is 1. The summed E-state index contributed by atoms with van der Waals surface area (Å²) in [5.41, 5.74) is 1.74. The third-order valence-corrected chi connectivity index (χ3v) is 5.07. The van der Waals surface area contributed by atoms with Gasteiger partial charge in [0.1, 0.15) is 22.5 Å². The Balaban J connectivity index is 1.78. The summed E-state index contributed by atoms with van der Waals surface area (Å²) >= 11 is 1.29. The van der Waals surface area contributed by atoms with Crippen LogP contribution in [0.4, 0.5) is 0 Å². The van der Waals surface area contributed by atoms with Crippen LogP contribution in [0.3, 0.4) is 0 Å². The zero-order chi connectivity index (χ0) is 16.1. The number of hydrogen-bond donors (Lipinski definition) is 2. The number of nitrogens with zero attached hydrogens (tertiary/aromatic N) is 3. The third-order valence-electron chi connectivity index (χ3n) is 3.77. The Morgan fingerprint density at radius 3 is 2.96 bits per heavy atom. The molecule has 2 aromatic rings. The minimum atomic E-state index is -1.15. The van der Waals surface area contributed by atoms with Crippen LogP contribution in [0.2, 0.25) is 0 Å². The highest BCUT2D eigenvalue weighted by Crippen LogP contribution is 2.54. The number of allylic oxidation sites excluding steroid dienone is 1. The maximum absolute atomic E-state index is 12.5. The lowest BCUT2D eigenvalue weighted by molar-refractivity contribution is -0.140. The Bertz CT molecular complexity index is 867. The molecule has 2 aromatic heterocycles. The molecule has 23 heavy (non-hydrogen) atoms. The molecule has 116 valence electrons. The molecular weight excluding hydrogens is 320 g/mol. The van der Waals surface area contributed by atoms with Gasteiger partial charge in [-0.05, 0) is 24.6 Å². The fourth-order valence-corrected chi connectivity index (χ4v) is 4.12. The Morgan fingerprint density at radius 2 is 2.35 bits per heavy atom. The monoisotopic (exact) mass is 330 g/mol. The molecule has 1 atom stereocenters. The average Bonchev–Trinajstić information content (AvgIpc) is 3.25. The van der Waals surface area contributed by atoms with Gasteiger partial charge in [0.25, 0.3) is 5.91 Å². The molecular formula is C14H10N4O4S. The summed E-state index contributed by atoms with van der Waals surface area (Å²) < 4.78 is 5.30. The molecule has 0 radical (unpaired) electrons. The summed E-state index contributed by atoms with van der Waals surface area (Å²) in [4.78, 5) is 25.8. The summed E-state index contributed by atoms with van der Waals surface area (Å²) in [5.74, 6) is -1.05. The summed E-state index contributed by atoms with van der Waals surface area (Å²) in [5, 5.41) is 19.3. The Hall–Kier alpha value is -2.81. The van der Waals surface area contributed by atoms with Crippen LogP contribution in [0.1, 0.15) is 18.4 Å². The van der Waals surface area contributed by atoms with Crippen LogP contribution < -0.4 is 0 Å². The van der Waals surface area contributed by atoms with E-state index in [0.29, 0.717) is 27.5 Å². The standard InChI is InChI=1S/C14H10N4O4S/c1-6(7-5-15-17-16-7)9-12(19)18-10(14(20)21)11(23-13(9)18)8-3-2-4-22-8/h2-5,13H,1H3,(H,20,21)(H,15,16,17)/t13-/m1/s1. The maximum atomic E-state index is 12.5. The molecule has 1 saturated heterocycles. The van der Waals surface area contributed by atoms with Gasteiger partial charge in [-0.3, -0.25) is 9.69 Å². The first-order valence-corrected chi connectivity index (χ1v) is 7.56. The van der Waals surface area contributed by atoms with Crippen LogP contribution in [0.15, 0.2) is 40.3 Å². The number of amides is 1. The highest BCUT2D eigenvalue weighted by molar-refractivity contribution is 8.09. The quantitative estimate of drug-likeness (QED) is 0.648. The van der Waals surface area contributed by atoms with Gasteiger partial charge in [-0.25, -0.2) is 4.79 Å². The van der Waals surface area contributed by atoms with E-state index < -0.39 is 5.97 Å². The molecule has 9 heteroatoms. The molecule has 4 rings (SSSR count). The van der Waals surface area contributed by atoms with Crippen molar-refractivity contribution in [1.29, 1.82) is 0 Å². The van der Waals surface area contributed by atoms with Crippen LogP contribution >= 0.6 is 11.8 Å². The van der Waals surface area contributed by atoms with Crippen LogP contribution in [-0.4, -0.2) is 42.7 Å². The summed E-state index contributed by atoms with van der Waals surface area (Å²) in [6.45, 7) is 1.77. The first-order chi connectivity index (χ1) is 11.1. The highest BCUT2D eigenvalue weighted by Gasteiger charge is 2.54. The number of carbonyl (C=O) groups is 2. The van der Waals surface area contributed by atoms with Crippen molar-refractivity contribution >= 4 is 34.1 Å². The van der Waals surface area contributed by atoms with Gasteiger partial charge in [-0.2, -0.15) is 15.4 Å². The van der Waals surface area contributed by atoms with E-state index in [2.05, 4.69) is 15.4 Å². The molecule has 0 unspecified atom stereocenters. The summed E-state index contributed by atoms with van der Waals surface area (Å²) in [6, 6.07) is 3.35. The van der Waals surface area contributed by atoms with E-state index in [1.54, 1.807) is 19.1 Å². The van der Waals surface area contributed by atoms with Crippen molar-refractivity contribution in [2.75, 3.05) is 0 Å². The van der Waals surface area contributed by atoms with Gasteiger partial charge in [0, 0.05) is 0 Å².